The highest BCUT2D eigenvalue weighted by molar-refractivity contribution is 7.09. The number of nitrogens with zero attached hydrogens (tertiary/aromatic N) is 4. The van der Waals surface area contributed by atoms with Crippen LogP contribution in [0.2, 0.25) is 0 Å². The molecule has 0 atom stereocenters. The smallest absolute Gasteiger partial charge is 0.328 e. The lowest BCUT2D eigenvalue weighted by atomic mass is 10.3. The molecule has 10 nitrogen and oxygen atoms in total. The molecule has 11 heteroatoms. The van der Waals surface area contributed by atoms with Crippen LogP contribution >= 0.6 is 11.3 Å². The first-order valence-corrected chi connectivity index (χ1v) is 8.32. The fraction of sp³-hybridized carbons (Fsp3) is 0.0667. The molecule has 3 N–H and O–H groups in total. The van der Waals surface area contributed by atoms with Gasteiger partial charge >= 0.3 is 5.69 Å². The van der Waals surface area contributed by atoms with Gasteiger partial charge in [-0.3, -0.25) is 14.2 Å². The summed E-state index contributed by atoms with van der Waals surface area (Å²) in [6.07, 6.45) is 3.76. The number of thiophene rings is 1. The number of hydrogen-bond acceptors (Lipinski definition) is 7. The number of aromatic nitrogens is 6. The van der Waals surface area contributed by atoms with Gasteiger partial charge in [-0.05, 0) is 11.4 Å². The Hall–Kier alpha value is -3.60. The number of aromatic amines is 2. The van der Waals surface area contributed by atoms with Crippen LogP contribution in [0.25, 0.3) is 11.2 Å². The molecule has 4 heterocycles. The average Bonchev–Trinajstić information content (AvgIpc) is 3.30. The van der Waals surface area contributed by atoms with Crippen molar-refractivity contribution < 1.29 is 4.79 Å². The third kappa shape index (κ3) is 2.80. The number of carbonyl (C=O) groups excluding carboxylic acids is 1. The van der Waals surface area contributed by atoms with Gasteiger partial charge in [0, 0.05) is 11.1 Å². The van der Waals surface area contributed by atoms with Crippen LogP contribution in [0.4, 0.5) is 5.82 Å². The first-order chi connectivity index (χ1) is 12.6. The molecule has 4 aromatic rings. The van der Waals surface area contributed by atoms with Gasteiger partial charge in [0.1, 0.15) is 17.4 Å². The Morgan fingerprint density at radius 3 is 2.92 bits per heavy atom. The quantitative estimate of drug-likeness (QED) is 0.480. The number of anilines is 1. The van der Waals surface area contributed by atoms with Crippen molar-refractivity contribution in [3.8, 4) is 0 Å². The Kier molecular flexibility index (Phi) is 3.89. The number of fused-ring (bicyclic) bond motifs is 1. The summed E-state index contributed by atoms with van der Waals surface area (Å²) in [7, 11) is 0. The molecule has 0 saturated carbocycles. The number of rotatable bonds is 4. The number of imidazole rings is 1. The van der Waals surface area contributed by atoms with Gasteiger partial charge in [-0.15, -0.1) is 11.3 Å². The number of carbonyl (C=O) groups is 1. The summed E-state index contributed by atoms with van der Waals surface area (Å²) in [4.78, 5) is 55.1. The highest BCUT2D eigenvalue weighted by Gasteiger charge is 2.17. The molecule has 0 aliphatic heterocycles. The zero-order valence-corrected chi connectivity index (χ0v) is 13.9. The molecule has 4 aromatic heterocycles. The monoisotopic (exact) mass is 369 g/mol. The van der Waals surface area contributed by atoms with E-state index in [0.717, 1.165) is 15.6 Å². The second-order valence-electron chi connectivity index (χ2n) is 5.26. The van der Waals surface area contributed by atoms with Gasteiger partial charge in [-0.2, -0.15) is 0 Å². The average molecular weight is 369 g/mol. The molecule has 26 heavy (non-hydrogen) atoms. The van der Waals surface area contributed by atoms with Crippen molar-refractivity contribution in [2.45, 2.75) is 6.54 Å². The van der Waals surface area contributed by atoms with E-state index in [-0.39, 0.29) is 17.9 Å². The molecule has 0 bridgehead atoms. The second-order valence-corrected chi connectivity index (χ2v) is 6.29. The van der Waals surface area contributed by atoms with Gasteiger partial charge in [0.25, 0.3) is 11.5 Å². The molecule has 0 saturated heterocycles. The van der Waals surface area contributed by atoms with Crippen molar-refractivity contribution in [1.82, 2.24) is 29.5 Å². The molecular weight excluding hydrogens is 358 g/mol. The van der Waals surface area contributed by atoms with E-state index < -0.39 is 17.2 Å². The number of amides is 1. The second kappa shape index (κ2) is 6.37. The van der Waals surface area contributed by atoms with E-state index >= 15 is 0 Å². The van der Waals surface area contributed by atoms with E-state index in [1.54, 1.807) is 6.07 Å². The maximum Gasteiger partial charge on any atom is 0.328 e. The maximum atomic E-state index is 12.6. The van der Waals surface area contributed by atoms with Crippen molar-refractivity contribution in [2.24, 2.45) is 0 Å². The van der Waals surface area contributed by atoms with Crippen LogP contribution in [0.5, 0.6) is 0 Å². The van der Waals surface area contributed by atoms with Crippen LogP contribution in [0.15, 0.2) is 46.0 Å². The highest BCUT2D eigenvalue weighted by atomic mass is 32.1. The molecular formula is C15H11N7O3S. The fourth-order valence-electron chi connectivity index (χ4n) is 2.41. The van der Waals surface area contributed by atoms with E-state index in [1.807, 2.05) is 11.4 Å². The highest BCUT2D eigenvalue weighted by Crippen LogP contribution is 2.14. The third-order valence-electron chi connectivity index (χ3n) is 3.65. The lowest BCUT2D eigenvalue weighted by Gasteiger charge is -2.07. The van der Waals surface area contributed by atoms with Crippen molar-refractivity contribution in [3.05, 3.63) is 67.6 Å². The Morgan fingerprint density at radius 2 is 2.12 bits per heavy atom. The molecule has 4 rings (SSSR count). The number of hydrogen-bond donors (Lipinski definition) is 3. The van der Waals surface area contributed by atoms with Crippen LogP contribution in [0, 0.1) is 0 Å². The molecule has 130 valence electrons. The normalized spacial score (nSPS) is 10.9. The summed E-state index contributed by atoms with van der Waals surface area (Å²) in [6.45, 7) is 0.0885. The molecule has 0 aliphatic rings. The molecule has 0 aromatic carbocycles. The Balaban J connectivity index is 1.69. The predicted molar refractivity (Wildman–Crippen MR) is 94.4 cm³/mol. The Labute approximate surface area is 148 Å². The van der Waals surface area contributed by atoms with Crippen molar-refractivity contribution in [1.29, 1.82) is 0 Å². The maximum absolute atomic E-state index is 12.6. The van der Waals surface area contributed by atoms with Crippen LogP contribution < -0.4 is 16.6 Å². The molecule has 0 unspecified atom stereocenters. The third-order valence-corrected chi connectivity index (χ3v) is 4.52. The van der Waals surface area contributed by atoms with Gasteiger partial charge in [0.2, 0.25) is 0 Å². The summed E-state index contributed by atoms with van der Waals surface area (Å²) in [5, 5.41) is 4.38. The van der Waals surface area contributed by atoms with Crippen LogP contribution in [0.1, 0.15) is 15.2 Å². The summed E-state index contributed by atoms with van der Waals surface area (Å²) < 4.78 is 0.979. The lowest BCUT2D eigenvalue weighted by Crippen LogP contribution is -2.39. The molecule has 0 radical (unpaired) electrons. The van der Waals surface area contributed by atoms with Gasteiger partial charge in [-0.1, -0.05) is 6.07 Å². The zero-order valence-electron chi connectivity index (χ0n) is 13.1. The van der Waals surface area contributed by atoms with E-state index in [9.17, 15) is 14.4 Å². The van der Waals surface area contributed by atoms with E-state index in [2.05, 4.69) is 30.2 Å². The molecule has 0 fully saturated rings. The largest absolute Gasteiger partial charge is 0.340 e. The topological polar surface area (TPSA) is 138 Å². The minimum absolute atomic E-state index is 0.0885. The Bertz CT molecular complexity index is 1210. The van der Waals surface area contributed by atoms with Gasteiger partial charge in [0.15, 0.2) is 11.5 Å². The summed E-state index contributed by atoms with van der Waals surface area (Å²) in [5.74, 6) is -0.506. The number of H-pyrrole nitrogens is 2. The van der Waals surface area contributed by atoms with Crippen molar-refractivity contribution in [2.75, 3.05) is 5.32 Å². The molecule has 0 aliphatic carbocycles. The summed E-state index contributed by atoms with van der Waals surface area (Å²) >= 11 is 1.41. The van der Waals surface area contributed by atoms with Crippen LogP contribution in [-0.4, -0.2) is 35.4 Å². The van der Waals surface area contributed by atoms with E-state index in [4.69, 9.17) is 0 Å². The first-order valence-electron chi connectivity index (χ1n) is 7.44. The lowest BCUT2D eigenvalue weighted by molar-refractivity contribution is 0.102. The zero-order chi connectivity index (χ0) is 18.1. The molecule has 1 amide bonds. The predicted octanol–water partition coefficient (Wildman–Crippen LogP) is 0.565. The van der Waals surface area contributed by atoms with E-state index in [1.165, 1.54) is 24.0 Å². The standard InChI is InChI=1S/C15H11N7O3S/c23-13(21-12-10-11(18-6-17-10)19-7-20-12)9-4-16-15(25)22(14(9)24)5-8-2-1-3-26-8/h1-4,6-7H,5H2,(H,16,25)(H2,17,18,19,20,21,23). The summed E-state index contributed by atoms with van der Waals surface area (Å²) in [6, 6.07) is 3.62. The van der Waals surface area contributed by atoms with Crippen molar-refractivity contribution >= 4 is 34.2 Å². The Morgan fingerprint density at radius 1 is 1.23 bits per heavy atom. The van der Waals surface area contributed by atoms with Crippen molar-refractivity contribution in [3.63, 3.8) is 0 Å². The minimum atomic E-state index is -0.694. The SMILES string of the molecule is O=C(Nc1ncnc2nc[nH]c12)c1c[nH]c(=O)n(Cc2cccs2)c1=O. The first kappa shape index (κ1) is 15.9. The summed E-state index contributed by atoms with van der Waals surface area (Å²) in [5.41, 5.74) is -0.656. The fourth-order valence-corrected chi connectivity index (χ4v) is 3.10. The molecule has 0 spiro atoms. The van der Waals surface area contributed by atoms with Crippen LogP contribution in [-0.2, 0) is 6.54 Å². The minimum Gasteiger partial charge on any atom is -0.340 e. The van der Waals surface area contributed by atoms with Gasteiger partial charge in [0.05, 0.1) is 12.9 Å². The van der Waals surface area contributed by atoms with Gasteiger partial charge in [-0.25, -0.2) is 19.7 Å². The van der Waals surface area contributed by atoms with Gasteiger partial charge < -0.3 is 15.3 Å². The number of nitrogens with one attached hydrogen (secondary N) is 3. The van der Waals surface area contributed by atoms with E-state index in [0.29, 0.717) is 11.2 Å². The van der Waals surface area contributed by atoms with Crippen LogP contribution in [0.3, 0.4) is 0 Å².